The van der Waals surface area contributed by atoms with Gasteiger partial charge in [0.15, 0.2) is 5.82 Å². The normalized spacial score (nSPS) is 19.2. The second-order valence-electron chi connectivity index (χ2n) is 4.16. The second kappa shape index (κ2) is 5.68. The maximum atomic E-state index is 12.3. The minimum atomic E-state index is -0.152. The van der Waals surface area contributed by atoms with E-state index in [1.165, 1.54) is 5.01 Å². The maximum absolute atomic E-state index is 12.3. The minimum absolute atomic E-state index is 0.0270. The summed E-state index contributed by atoms with van der Waals surface area (Å²) in [7, 11) is 0. The van der Waals surface area contributed by atoms with Crippen LogP contribution in [0.15, 0.2) is 23.4 Å². The van der Waals surface area contributed by atoms with Gasteiger partial charge in [-0.05, 0) is 37.9 Å². The molecule has 96 valence electrons. The van der Waals surface area contributed by atoms with E-state index in [1.54, 1.807) is 18.3 Å². The second-order valence-corrected chi connectivity index (χ2v) is 4.16. The van der Waals surface area contributed by atoms with Crippen LogP contribution in [0.2, 0.25) is 0 Å². The van der Waals surface area contributed by atoms with Crippen LogP contribution >= 0.6 is 0 Å². The van der Waals surface area contributed by atoms with Crippen molar-refractivity contribution in [2.24, 2.45) is 16.8 Å². The molecule has 1 aliphatic rings. The molecule has 0 aromatic carbocycles. The van der Waals surface area contributed by atoms with Gasteiger partial charge < -0.3 is 5.73 Å². The lowest BCUT2D eigenvalue weighted by atomic mass is 9.96. The molecule has 1 atom stereocenters. The Morgan fingerprint density at radius 2 is 2.33 bits per heavy atom. The van der Waals surface area contributed by atoms with Crippen molar-refractivity contribution >= 4 is 17.4 Å². The molecule has 1 unspecified atom stereocenters. The van der Waals surface area contributed by atoms with E-state index in [2.05, 4.69) is 15.3 Å². The Balaban J connectivity index is 2.20. The fourth-order valence-corrected chi connectivity index (χ4v) is 2.04. The average molecular weight is 247 g/mol. The number of hydrogen-bond donors (Lipinski definition) is 1. The van der Waals surface area contributed by atoms with Crippen LogP contribution in [0, 0.1) is 5.92 Å². The van der Waals surface area contributed by atoms with Gasteiger partial charge in [0, 0.05) is 6.20 Å². The molecule has 2 rings (SSSR count). The molecule has 6 nitrogen and oxygen atoms in total. The lowest BCUT2D eigenvalue weighted by molar-refractivity contribution is -0.120. The smallest absolute Gasteiger partial charge is 0.257 e. The third-order valence-corrected chi connectivity index (χ3v) is 2.97. The van der Waals surface area contributed by atoms with E-state index >= 15 is 0 Å². The summed E-state index contributed by atoms with van der Waals surface area (Å²) in [6.45, 7) is 2.59. The number of nitrogens with two attached hydrogens (primary N) is 1. The molecule has 0 radical (unpaired) electrons. The first kappa shape index (κ1) is 12.6. The summed E-state index contributed by atoms with van der Waals surface area (Å²) >= 11 is 0. The number of anilines is 1. The van der Waals surface area contributed by atoms with Gasteiger partial charge in [0.1, 0.15) is 0 Å². The highest BCUT2D eigenvalue weighted by Crippen LogP contribution is 2.25. The summed E-state index contributed by atoms with van der Waals surface area (Å²) < 4.78 is 0. The lowest BCUT2D eigenvalue weighted by Crippen LogP contribution is -2.28. The van der Waals surface area contributed by atoms with Crippen molar-refractivity contribution in [1.29, 1.82) is 0 Å². The quantitative estimate of drug-likeness (QED) is 0.839. The molecule has 2 N–H and O–H groups in total. The molecule has 0 saturated carbocycles. The SMILES string of the molecule is CCC1=NN(c2cccnn2)C(=O)C1CCCN. The summed E-state index contributed by atoms with van der Waals surface area (Å²) in [4.78, 5) is 12.3. The number of carbonyl (C=O) groups excluding carboxylic acids is 1. The van der Waals surface area contributed by atoms with Crippen molar-refractivity contribution in [3.8, 4) is 0 Å². The summed E-state index contributed by atoms with van der Waals surface area (Å²) in [6.07, 6.45) is 3.90. The van der Waals surface area contributed by atoms with Crippen molar-refractivity contribution in [3.63, 3.8) is 0 Å². The number of hydrogen-bond acceptors (Lipinski definition) is 5. The van der Waals surface area contributed by atoms with Gasteiger partial charge in [-0.2, -0.15) is 15.2 Å². The molecule has 0 bridgehead atoms. The summed E-state index contributed by atoms with van der Waals surface area (Å²) in [5, 5.41) is 13.4. The maximum Gasteiger partial charge on any atom is 0.257 e. The zero-order chi connectivity index (χ0) is 13.0. The predicted octanol–water partition coefficient (Wildman–Crippen LogP) is 0.944. The number of rotatable bonds is 5. The number of amides is 1. The average Bonchev–Trinajstić information content (AvgIpc) is 2.74. The largest absolute Gasteiger partial charge is 0.330 e. The van der Waals surface area contributed by atoms with Gasteiger partial charge in [-0.15, -0.1) is 5.10 Å². The predicted molar refractivity (Wildman–Crippen MR) is 69.0 cm³/mol. The topological polar surface area (TPSA) is 84.5 Å². The highest BCUT2D eigenvalue weighted by Gasteiger charge is 2.35. The summed E-state index contributed by atoms with van der Waals surface area (Å²) in [5.74, 6) is 0.296. The van der Waals surface area contributed by atoms with Crippen molar-refractivity contribution in [1.82, 2.24) is 10.2 Å². The van der Waals surface area contributed by atoms with Gasteiger partial charge >= 0.3 is 0 Å². The van der Waals surface area contributed by atoms with Gasteiger partial charge in [-0.25, -0.2) is 0 Å². The number of carbonyl (C=O) groups is 1. The first-order valence-corrected chi connectivity index (χ1v) is 6.17. The van der Waals surface area contributed by atoms with Gasteiger partial charge in [-0.1, -0.05) is 6.92 Å². The van der Waals surface area contributed by atoms with Crippen LogP contribution in [0.3, 0.4) is 0 Å². The molecule has 6 heteroatoms. The van der Waals surface area contributed by atoms with Crippen molar-refractivity contribution in [2.75, 3.05) is 11.6 Å². The van der Waals surface area contributed by atoms with E-state index in [1.807, 2.05) is 6.92 Å². The van der Waals surface area contributed by atoms with E-state index in [0.717, 1.165) is 25.0 Å². The number of nitrogens with zero attached hydrogens (tertiary/aromatic N) is 4. The summed E-state index contributed by atoms with van der Waals surface area (Å²) in [5.41, 5.74) is 6.40. The van der Waals surface area contributed by atoms with E-state index in [9.17, 15) is 4.79 Å². The monoisotopic (exact) mass is 247 g/mol. The Bertz CT molecular complexity index is 445. The van der Waals surface area contributed by atoms with E-state index in [0.29, 0.717) is 12.4 Å². The van der Waals surface area contributed by atoms with Gasteiger partial charge in [-0.3, -0.25) is 4.79 Å². The molecule has 2 heterocycles. The minimum Gasteiger partial charge on any atom is -0.330 e. The highest BCUT2D eigenvalue weighted by molar-refractivity contribution is 6.15. The molecule has 1 aliphatic heterocycles. The van der Waals surface area contributed by atoms with Crippen molar-refractivity contribution in [2.45, 2.75) is 26.2 Å². The number of aromatic nitrogens is 2. The third-order valence-electron chi connectivity index (χ3n) is 2.97. The molecule has 1 aromatic rings. The Morgan fingerprint density at radius 1 is 1.50 bits per heavy atom. The van der Waals surface area contributed by atoms with Crippen molar-refractivity contribution in [3.05, 3.63) is 18.3 Å². The first-order valence-electron chi connectivity index (χ1n) is 6.17. The fraction of sp³-hybridized carbons (Fsp3) is 0.500. The van der Waals surface area contributed by atoms with Crippen LogP contribution in [-0.2, 0) is 4.79 Å². The zero-order valence-electron chi connectivity index (χ0n) is 10.4. The van der Waals surface area contributed by atoms with Gasteiger partial charge in [0.2, 0.25) is 0 Å². The lowest BCUT2D eigenvalue weighted by Gasteiger charge is -2.12. The van der Waals surface area contributed by atoms with Crippen molar-refractivity contribution < 1.29 is 4.79 Å². The highest BCUT2D eigenvalue weighted by atomic mass is 16.2. The molecule has 18 heavy (non-hydrogen) atoms. The van der Waals surface area contributed by atoms with Crippen LogP contribution in [0.4, 0.5) is 5.82 Å². The van der Waals surface area contributed by atoms with Crippen LogP contribution in [0.25, 0.3) is 0 Å². The molecule has 0 saturated heterocycles. The molecule has 1 amide bonds. The first-order chi connectivity index (χ1) is 8.77. The molecule has 0 fully saturated rings. The molecular formula is C12H17N5O. The molecule has 0 spiro atoms. The summed E-state index contributed by atoms with van der Waals surface area (Å²) in [6, 6.07) is 3.47. The Kier molecular flexibility index (Phi) is 3.99. The molecule has 1 aromatic heterocycles. The molecular weight excluding hydrogens is 230 g/mol. The third kappa shape index (κ3) is 2.38. The Labute approximate surface area is 106 Å². The van der Waals surface area contributed by atoms with Crippen LogP contribution in [-0.4, -0.2) is 28.4 Å². The van der Waals surface area contributed by atoms with E-state index < -0.39 is 0 Å². The Hall–Kier alpha value is -1.82. The zero-order valence-corrected chi connectivity index (χ0v) is 10.4. The van der Waals surface area contributed by atoms with E-state index in [-0.39, 0.29) is 11.8 Å². The molecule has 0 aliphatic carbocycles. The van der Waals surface area contributed by atoms with E-state index in [4.69, 9.17) is 5.73 Å². The van der Waals surface area contributed by atoms with Crippen LogP contribution < -0.4 is 10.7 Å². The number of hydrazone groups is 1. The standard InChI is InChI=1S/C12H17N5O/c1-2-10-9(5-3-7-13)12(18)17(16-10)11-6-4-8-14-15-11/h4,6,8-9H,2-3,5,7,13H2,1H3. The van der Waals surface area contributed by atoms with Crippen LogP contribution in [0.1, 0.15) is 26.2 Å². The van der Waals surface area contributed by atoms with Gasteiger partial charge in [0.05, 0.1) is 11.6 Å². The Morgan fingerprint density at radius 3 is 2.94 bits per heavy atom. The van der Waals surface area contributed by atoms with Gasteiger partial charge in [0.25, 0.3) is 5.91 Å². The van der Waals surface area contributed by atoms with Crippen LogP contribution in [0.5, 0.6) is 0 Å². The fourth-order valence-electron chi connectivity index (χ4n) is 2.04.